The molecular formula is C18H27Cl2N3O. The number of hydrogen-bond acceptors (Lipinski definition) is 3. The molecule has 1 aromatic carbocycles. The number of carbonyl (C=O) groups is 1. The van der Waals surface area contributed by atoms with Gasteiger partial charge in [0.1, 0.15) is 0 Å². The maximum atomic E-state index is 12.6. The fraction of sp³-hybridized carbons (Fsp3) is 0.611. The molecule has 4 nitrogen and oxygen atoms in total. The van der Waals surface area contributed by atoms with E-state index in [0.29, 0.717) is 11.8 Å². The van der Waals surface area contributed by atoms with Crippen LogP contribution in [0.15, 0.2) is 30.3 Å². The highest BCUT2D eigenvalue weighted by Gasteiger charge is 2.49. The second-order valence-electron chi connectivity index (χ2n) is 7.21. The van der Waals surface area contributed by atoms with Gasteiger partial charge in [0, 0.05) is 30.9 Å². The first kappa shape index (κ1) is 19.4. The summed E-state index contributed by atoms with van der Waals surface area (Å²) in [5.41, 5.74) is 7.53. The molecule has 1 aromatic rings. The van der Waals surface area contributed by atoms with Crippen molar-refractivity contribution in [2.24, 2.45) is 23.5 Å². The van der Waals surface area contributed by atoms with Gasteiger partial charge in [-0.25, -0.2) is 0 Å². The van der Waals surface area contributed by atoms with Crippen LogP contribution in [0.2, 0.25) is 0 Å². The second kappa shape index (κ2) is 7.94. The van der Waals surface area contributed by atoms with Crippen molar-refractivity contribution in [1.82, 2.24) is 5.32 Å². The highest BCUT2D eigenvalue weighted by Crippen LogP contribution is 2.47. The van der Waals surface area contributed by atoms with Crippen molar-refractivity contribution in [2.45, 2.75) is 37.8 Å². The number of nitrogens with zero attached hydrogens (tertiary/aromatic N) is 1. The van der Waals surface area contributed by atoms with Crippen LogP contribution in [0.4, 0.5) is 5.69 Å². The van der Waals surface area contributed by atoms with Gasteiger partial charge >= 0.3 is 0 Å². The molecule has 24 heavy (non-hydrogen) atoms. The summed E-state index contributed by atoms with van der Waals surface area (Å²) >= 11 is 0. The Morgan fingerprint density at radius 1 is 1.08 bits per heavy atom. The van der Waals surface area contributed by atoms with Gasteiger partial charge in [0.2, 0.25) is 5.91 Å². The summed E-state index contributed by atoms with van der Waals surface area (Å²) in [6, 6.07) is 10.8. The highest BCUT2D eigenvalue weighted by molar-refractivity contribution is 5.85. The van der Waals surface area contributed by atoms with Gasteiger partial charge in [-0.05, 0) is 49.7 Å². The van der Waals surface area contributed by atoms with E-state index in [1.807, 2.05) is 6.07 Å². The number of amides is 1. The maximum Gasteiger partial charge on any atom is 0.225 e. The van der Waals surface area contributed by atoms with Crippen molar-refractivity contribution in [3.05, 3.63) is 30.3 Å². The number of hydrogen-bond donors (Lipinski definition) is 2. The first-order valence-corrected chi connectivity index (χ1v) is 8.58. The van der Waals surface area contributed by atoms with Crippen LogP contribution in [-0.4, -0.2) is 31.1 Å². The first-order valence-electron chi connectivity index (χ1n) is 8.58. The Morgan fingerprint density at radius 2 is 1.79 bits per heavy atom. The van der Waals surface area contributed by atoms with Gasteiger partial charge in [0.05, 0.1) is 5.92 Å². The summed E-state index contributed by atoms with van der Waals surface area (Å²) < 4.78 is 0. The lowest BCUT2D eigenvalue weighted by Gasteiger charge is -2.28. The van der Waals surface area contributed by atoms with Gasteiger partial charge in [-0.1, -0.05) is 18.2 Å². The summed E-state index contributed by atoms with van der Waals surface area (Å²) in [6.45, 7) is 1.92. The molecule has 0 spiro atoms. The number of nitrogens with two attached hydrogens (primary N) is 1. The van der Waals surface area contributed by atoms with Crippen LogP contribution in [0.1, 0.15) is 25.7 Å². The monoisotopic (exact) mass is 371 g/mol. The summed E-state index contributed by atoms with van der Waals surface area (Å²) in [4.78, 5) is 15.0. The molecule has 2 bridgehead atoms. The minimum Gasteiger partial charge on any atom is -0.369 e. The van der Waals surface area contributed by atoms with E-state index in [1.54, 1.807) is 0 Å². The molecule has 1 heterocycles. The molecule has 1 aliphatic heterocycles. The Bertz CT molecular complexity index is 554. The van der Waals surface area contributed by atoms with Crippen LogP contribution in [0.5, 0.6) is 0 Å². The third kappa shape index (κ3) is 3.51. The zero-order valence-electron chi connectivity index (χ0n) is 13.8. The zero-order chi connectivity index (χ0) is 15.1. The smallest absolute Gasteiger partial charge is 0.225 e. The van der Waals surface area contributed by atoms with E-state index in [1.165, 1.54) is 24.9 Å². The normalized spacial score (nSPS) is 33.7. The number of carbonyl (C=O) groups excluding carboxylic acids is 1. The number of para-hydroxylation sites is 1. The molecule has 2 saturated carbocycles. The molecule has 5 unspecified atom stereocenters. The van der Waals surface area contributed by atoms with Crippen molar-refractivity contribution in [3.63, 3.8) is 0 Å². The number of fused-ring (bicyclic) bond motifs is 2. The number of benzene rings is 1. The van der Waals surface area contributed by atoms with Crippen molar-refractivity contribution in [1.29, 1.82) is 0 Å². The van der Waals surface area contributed by atoms with E-state index in [0.717, 1.165) is 19.5 Å². The SMILES string of the molecule is Cl.Cl.NC1C2CCC(C2)C1C(=O)NC1CCN(c2ccccc2)C1. The second-order valence-corrected chi connectivity index (χ2v) is 7.21. The molecule has 2 aliphatic carbocycles. The third-order valence-corrected chi connectivity index (χ3v) is 5.94. The Kier molecular flexibility index (Phi) is 6.40. The quantitative estimate of drug-likeness (QED) is 0.858. The van der Waals surface area contributed by atoms with Gasteiger partial charge in [-0.15, -0.1) is 24.8 Å². The van der Waals surface area contributed by atoms with Gasteiger partial charge in [0.15, 0.2) is 0 Å². The number of halogens is 2. The molecule has 3 fully saturated rings. The van der Waals surface area contributed by atoms with E-state index in [4.69, 9.17) is 5.73 Å². The summed E-state index contributed by atoms with van der Waals surface area (Å²) in [7, 11) is 0. The maximum absolute atomic E-state index is 12.6. The summed E-state index contributed by atoms with van der Waals surface area (Å²) in [5.74, 6) is 1.39. The van der Waals surface area contributed by atoms with Crippen molar-refractivity contribution in [2.75, 3.05) is 18.0 Å². The van der Waals surface area contributed by atoms with E-state index >= 15 is 0 Å². The Labute approximate surface area is 156 Å². The lowest BCUT2D eigenvalue weighted by Crippen LogP contribution is -2.48. The van der Waals surface area contributed by atoms with Crippen LogP contribution < -0.4 is 16.0 Å². The molecule has 0 radical (unpaired) electrons. The van der Waals surface area contributed by atoms with E-state index in [2.05, 4.69) is 34.5 Å². The Balaban J connectivity index is 0.00000104. The number of nitrogens with one attached hydrogen (secondary N) is 1. The van der Waals surface area contributed by atoms with Crippen molar-refractivity contribution < 1.29 is 4.79 Å². The zero-order valence-corrected chi connectivity index (χ0v) is 15.4. The predicted octanol–water partition coefficient (Wildman–Crippen LogP) is 2.60. The largest absolute Gasteiger partial charge is 0.369 e. The van der Waals surface area contributed by atoms with Gasteiger partial charge < -0.3 is 16.0 Å². The molecule has 1 amide bonds. The number of rotatable bonds is 3. The lowest BCUT2D eigenvalue weighted by molar-refractivity contribution is -0.127. The van der Waals surface area contributed by atoms with Crippen molar-refractivity contribution >= 4 is 36.4 Å². The van der Waals surface area contributed by atoms with Gasteiger partial charge in [-0.2, -0.15) is 0 Å². The molecule has 0 aromatic heterocycles. The molecule has 3 aliphatic rings. The molecule has 6 heteroatoms. The average Bonchev–Trinajstić information content (AvgIpc) is 3.23. The van der Waals surface area contributed by atoms with Crippen LogP contribution in [0.25, 0.3) is 0 Å². The van der Waals surface area contributed by atoms with Crippen LogP contribution in [0.3, 0.4) is 0 Å². The Hall–Kier alpha value is -0.970. The van der Waals surface area contributed by atoms with E-state index < -0.39 is 0 Å². The third-order valence-electron chi connectivity index (χ3n) is 5.94. The van der Waals surface area contributed by atoms with Crippen molar-refractivity contribution in [3.8, 4) is 0 Å². The van der Waals surface area contributed by atoms with Crippen LogP contribution in [-0.2, 0) is 4.79 Å². The standard InChI is InChI=1S/C18H25N3O.2ClH/c19-17-13-7-6-12(10-13)16(17)18(22)20-14-8-9-21(11-14)15-4-2-1-3-5-15;;/h1-5,12-14,16-17H,6-11,19H2,(H,20,22);2*1H. The van der Waals surface area contributed by atoms with Gasteiger partial charge in [0.25, 0.3) is 0 Å². The fourth-order valence-electron chi connectivity index (χ4n) is 4.77. The highest BCUT2D eigenvalue weighted by atomic mass is 35.5. The van der Waals surface area contributed by atoms with Crippen LogP contribution in [0, 0.1) is 17.8 Å². The van der Waals surface area contributed by atoms with E-state index in [-0.39, 0.29) is 48.7 Å². The minimum atomic E-state index is 0. The molecule has 1 saturated heterocycles. The van der Waals surface area contributed by atoms with Crippen LogP contribution >= 0.6 is 24.8 Å². The molecular weight excluding hydrogens is 345 g/mol. The average molecular weight is 372 g/mol. The molecule has 4 rings (SSSR count). The molecule has 134 valence electrons. The van der Waals surface area contributed by atoms with Gasteiger partial charge in [-0.3, -0.25) is 4.79 Å². The molecule has 3 N–H and O–H groups in total. The minimum absolute atomic E-state index is 0. The lowest BCUT2D eigenvalue weighted by atomic mass is 9.84. The Morgan fingerprint density at radius 3 is 2.46 bits per heavy atom. The number of anilines is 1. The summed E-state index contributed by atoms with van der Waals surface area (Å²) in [5, 5.41) is 3.28. The predicted molar refractivity (Wildman–Crippen MR) is 102 cm³/mol. The first-order chi connectivity index (χ1) is 10.7. The van der Waals surface area contributed by atoms with E-state index in [9.17, 15) is 4.79 Å². The molecule has 5 atom stereocenters. The summed E-state index contributed by atoms with van der Waals surface area (Å²) in [6.07, 6.45) is 4.61. The topological polar surface area (TPSA) is 58.4 Å². The fourth-order valence-corrected chi connectivity index (χ4v) is 4.77.